The van der Waals surface area contributed by atoms with Crippen molar-refractivity contribution in [2.24, 2.45) is 0 Å². The first-order chi connectivity index (χ1) is 10.1. The van der Waals surface area contributed by atoms with Crippen LogP contribution in [0.25, 0.3) is 0 Å². The van der Waals surface area contributed by atoms with Gasteiger partial charge in [0.1, 0.15) is 0 Å². The maximum Gasteiger partial charge on any atom is 0.259 e. The van der Waals surface area contributed by atoms with E-state index in [1.165, 1.54) is 5.56 Å². The van der Waals surface area contributed by atoms with Crippen LogP contribution in [0.3, 0.4) is 0 Å². The molecular weight excluding hydrogens is 262 g/mol. The first-order valence-corrected chi connectivity index (χ1v) is 7.21. The minimum absolute atomic E-state index is 0.153. The molecule has 1 aromatic heterocycles. The lowest BCUT2D eigenvalue weighted by Gasteiger charge is -2.12. The van der Waals surface area contributed by atoms with Gasteiger partial charge in [0.25, 0.3) is 5.91 Å². The van der Waals surface area contributed by atoms with E-state index in [0.717, 1.165) is 17.9 Å². The zero-order chi connectivity index (χ0) is 15.2. The monoisotopic (exact) mass is 283 g/mol. The quantitative estimate of drug-likeness (QED) is 0.875. The fraction of sp³-hybridized carbons (Fsp3) is 0.294. The van der Waals surface area contributed by atoms with Gasteiger partial charge >= 0.3 is 0 Å². The molecule has 0 atom stereocenters. The van der Waals surface area contributed by atoms with Gasteiger partial charge in [0.15, 0.2) is 0 Å². The van der Waals surface area contributed by atoms with Crippen LogP contribution < -0.4 is 10.6 Å². The molecule has 1 aromatic carbocycles. The number of carbonyl (C=O) groups excluding carboxylic acids is 1. The number of amides is 1. The van der Waals surface area contributed by atoms with Gasteiger partial charge in [0, 0.05) is 24.6 Å². The molecule has 0 saturated heterocycles. The van der Waals surface area contributed by atoms with Crippen molar-refractivity contribution < 1.29 is 4.79 Å². The highest BCUT2D eigenvalue weighted by molar-refractivity contribution is 6.07. The van der Waals surface area contributed by atoms with Gasteiger partial charge in [-0.15, -0.1) is 0 Å². The van der Waals surface area contributed by atoms with E-state index in [1.807, 2.05) is 31.2 Å². The molecule has 4 nitrogen and oxygen atoms in total. The van der Waals surface area contributed by atoms with Crippen molar-refractivity contribution in [1.29, 1.82) is 0 Å². The molecule has 0 fully saturated rings. The molecule has 4 heteroatoms. The summed E-state index contributed by atoms with van der Waals surface area (Å²) in [6.45, 7) is 7.01. The van der Waals surface area contributed by atoms with Gasteiger partial charge in [-0.25, -0.2) is 0 Å². The summed E-state index contributed by atoms with van der Waals surface area (Å²) in [5.74, 6) is 0.275. The fourth-order valence-corrected chi connectivity index (χ4v) is 2.09. The molecule has 1 amide bonds. The number of benzene rings is 1. The largest absolute Gasteiger partial charge is 0.385 e. The summed E-state index contributed by atoms with van der Waals surface area (Å²) in [4.78, 5) is 16.4. The van der Waals surface area contributed by atoms with E-state index in [2.05, 4.69) is 35.5 Å². The number of hydrogen-bond acceptors (Lipinski definition) is 3. The van der Waals surface area contributed by atoms with Crippen LogP contribution >= 0.6 is 0 Å². The molecule has 0 saturated carbocycles. The van der Waals surface area contributed by atoms with E-state index >= 15 is 0 Å². The first-order valence-electron chi connectivity index (χ1n) is 7.21. The molecule has 0 unspecified atom stereocenters. The lowest BCUT2D eigenvalue weighted by Crippen LogP contribution is -2.15. The summed E-state index contributed by atoms with van der Waals surface area (Å²) in [5.41, 5.74) is 3.35. The van der Waals surface area contributed by atoms with Crippen molar-refractivity contribution in [2.75, 3.05) is 17.2 Å². The van der Waals surface area contributed by atoms with Gasteiger partial charge in [0.05, 0.1) is 11.3 Å². The van der Waals surface area contributed by atoms with Crippen LogP contribution in [0.1, 0.15) is 42.6 Å². The highest BCUT2D eigenvalue weighted by Gasteiger charge is 2.11. The van der Waals surface area contributed by atoms with Gasteiger partial charge in [-0.1, -0.05) is 26.0 Å². The molecule has 110 valence electrons. The molecule has 0 spiro atoms. The van der Waals surface area contributed by atoms with Gasteiger partial charge in [-0.2, -0.15) is 0 Å². The summed E-state index contributed by atoms with van der Waals surface area (Å²) < 4.78 is 0. The van der Waals surface area contributed by atoms with Crippen molar-refractivity contribution in [1.82, 2.24) is 4.98 Å². The molecule has 2 aromatic rings. The van der Waals surface area contributed by atoms with Gasteiger partial charge in [0.2, 0.25) is 0 Å². The second-order valence-electron chi connectivity index (χ2n) is 5.19. The molecule has 0 bridgehead atoms. The van der Waals surface area contributed by atoms with Crippen LogP contribution in [0.15, 0.2) is 42.7 Å². The molecule has 2 N–H and O–H groups in total. The molecule has 1 heterocycles. The average molecular weight is 283 g/mol. The van der Waals surface area contributed by atoms with E-state index in [1.54, 1.807) is 12.4 Å². The van der Waals surface area contributed by atoms with Crippen molar-refractivity contribution in [3.63, 3.8) is 0 Å². The number of carbonyl (C=O) groups is 1. The van der Waals surface area contributed by atoms with Crippen LogP contribution in [-0.2, 0) is 0 Å². The number of pyridine rings is 1. The van der Waals surface area contributed by atoms with E-state index in [9.17, 15) is 4.79 Å². The number of anilines is 2. The third-order valence-corrected chi connectivity index (χ3v) is 3.24. The number of aromatic nitrogens is 1. The molecule has 0 aliphatic heterocycles. The Morgan fingerprint density at radius 3 is 2.81 bits per heavy atom. The minimum Gasteiger partial charge on any atom is -0.385 e. The summed E-state index contributed by atoms with van der Waals surface area (Å²) in [6.07, 6.45) is 3.26. The van der Waals surface area contributed by atoms with Gasteiger partial charge in [-0.3, -0.25) is 9.78 Å². The van der Waals surface area contributed by atoms with Crippen molar-refractivity contribution in [3.8, 4) is 0 Å². The second kappa shape index (κ2) is 6.88. The topological polar surface area (TPSA) is 54.0 Å². The van der Waals surface area contributed by atoms with Crippen molar-refractivity contribution >= 4 is 17.3 Å². The SMILES string of the molecule is CCNc1ccncc1C(=O)Nc1cccc(C(C)C)c1. The van der Waals surface area contributed by atoms with Crippen LogP contribution in [0.5, 0.6) is 0 Å². The summed E-state index contributed by atoms with van der Waals surface area (Å²) in [7, 11) is 0. The predicted octanol–water partition coefficient (Wildman–Crippen LogP) is 3.89. The van der Waals surface area contributed by atoms with Crippen molar-refractivity contribution in [3.05, 3.63) is 53.9 Å². The fourth-order valence-electron chi connectivity index (χ4n) is 2.09. The summed E-state index contributed by atoms with van der Waals surface area (Å²) in [5, 5.41) is 6.10. The van der Waals surface area contributed by atoms with E-state index < -0.39 is 0 Å². The van der Waals surface area contributed by atoms with Crippen molar-refractivity contribution in [2.45, 2.75) is 26.7 Å². The standard InChI is InChI=1S/C17H21N3O/c1-4-19-16-8-9-18-11-15(16)17(21)20-14-7-5-6-13(10-14)12(2)3/h5-12H,4H2,1-3H3,(H,18,19)(H,20,21). The Balaban J connectivity index is 2.20. The van der Waals surface area contributed by atoms with Crippen LogP contribution in [0.4, 0.5) is 11.4 Å². The molecule has 2 rings (SSSR count). The van der Waals surface area contributed by atoms with Crippen LogP contribution in [0.2, 0.25) is 0 Å². The van der Waals surface area contributed by atoms with E-state index in [0.29, 0.717) is 11.5 Å². The zero-order valence-electron chi connectivity index (χ0n) is 12.7. The van der Waals surface area contributed by atoms with E-state index in [4.69, 9.17) is 0 Å². The molecular formula is C17H21N3O. The van der Waals surface area contributed by atoms with Gasteiger partial charge < -0.3 is 10.6 Å². The Labute approximate surface area is 125 Å². The third-order valence-electron chi connectivity index (χ3n) is 3.24. The Bertz CT molecular complexity index is 623. The van der Waals surface area contributed by atoms with Gasteiger partial charge in [-0.05, 0) is 36.6 Å². The number of nitrogens with zero attached hydrogens (tertiary/aromatic N) is 1. The van der Waals surface area contributed by atoms with Crippen LogP contribution in [0, 0.1) is 0 Å². The third kappa shape index (κ3) is 3.81. The van der Waals surface area contributed by atoms with E-state index in [-0.39, 0.29) is 5.91 Å². The first kappa shape index (κ1) is 15.0. The lowest BCUT2D eigenvalue weighted by atomic mass is 10.0. The maximum atomic E-state index is 12.4. The maximum absolute atomic E-state index is 12.4. The lowest BCUT2D eigenvalue weighted by molar-refractivity contribution is 0.102. The summed E-state index contributed by atoms with van der Waals surface area (Å²) in [6, 6.07) is 9.73. The molecule has 0 radical (unpaired) electrons. The summed E-state index contributed by atoms with van der Waals surface area (Å²) >= 11 is 0. The highest BCUT2D eigenvalue weighted by Crippen LogP contribution is 2.20. The molecule has 0 aliphatic carbocycles. The highest BCUT2D eigenvalue weighted by atomic mass is 16.1. The van der Waals surface area contributed by atoms with Crippen LogP contribution in [-0.4, -0.2) is 17.4 Å². The Hall–Kier alpha value is -2.36. The minimum atomic E-state index is -0.153. The second-order valence-corrected chi connectivity index (χ2v) is 5.19. The Kier molecular flexibility index (Phi) is 4.93. The zero-order valence-corrected chi connectivity index (χ0v) is 12.7. The predicted molar refractivity (Wildman–Crippen MR) is 86.9 cm³/mol. The molecule has 0 aliphatic rings. The average Bonchev–Trinajstić information content (AvgIpc) is 2.48. The number of rotatable bonds is 5. The number of nitrogens with one attached hydrogen (secondary N) is 2. The Morgan fingerprint density at radius 2 is 2.10 bits per heavy atom. The normalized spacial score (nSPS) is 10.5. The number of hydrogen-bond donors (Lipinski definition) is 2. The molecule has 21 heavy (non-hydrogen) atoms. The Morgan fingerprint density at radius 1 is 1.29 bits per heavy atom. The smallest absolute Gasteiger partial charge is 0.259 e.